The summed E-state index contributed by atoms with van der Waals surface area (Å²) in [5, 5.41) is 0. The molecule has 0 saturated heterocycles. The third-order valence-corrected chi connectivity index (χ3v) is 2.79. The highest BCUT2D eigenvalue weighted by Crippen LogP contribution is 2.18. The molecule has 0 bridgehead atoms. The van der Waals surface area contributed by atoms with E-state index in [4.69, 9.17) is 5.73 Å². The van der Waals surface area contributed by atoms with Crippen molar-refractivity contribution in [2.24, 2.45) is 5.73 Å². The van der Waals surface area contributed by atoms with E-state index in [1.165, 1.54) is 5.56 Å². The molecule has 0 amide bonds. The largest absolute Gasteiger partial charge is 0.324 e. The Balaban J connectivity index is 2.62. The summed E-state index contributed by atoms with van der Waals surface area (Å²) in [5.74, 6) is 0.920. The van der Waals surface area contributed by atoms with Crippen LogP contribution in [0.2, 0.25) is 0 Å². The van der Waals surface area contributed by atoms with Crippen molar-refractivity contribution in [1.82, 2.24) is 9.55 Å². The number of fused-ring (bicyclic) bond motifs is 1. The van der Waals surface area contributed by atoms with Gasteiger partial charge in [0, 0.05) is 6.54 Å². The van der Waals surface area contributed by atoms with Crippen LogP contribution in [-0.4, -0.2) is 9.55 Å². The van der Waals surface area contributed by atoms with Gasteiger partial charge in [0.05, 0.1) is 17.6 Å². The first kappa shape index (κ1) is 10.9. The van der Waals surface area contributed by atoms with Gasteiger partial charge in [-0.3, -0.25) is 0 Å². The Bertz CT molecular complexity index is 511. The van der Waals surface area contributed by atoms with Crippen molar-refractivity contribution in [2.75, 3.05) is 0 Å². The number of nitrogens with zero attached hydrogens (tertiary/aromatic N) is 2. The van der Waals surface area contributed by atoms with Crippen molar-refractivity contribution in [3.63, 3.8) is 0 Å². The molecule has 1 aromatic heterocycles. The standard InChI is InChI=1S/C13H17N3/c1-3-7-16-12-6-5-10(4-2)8-11(12)15-13(16)9-14/h3,5-6,8H,1,4,7,9,14H2,2H3. The molecule has 84 valence electrons. The number of nitrogens with two attached hydrogens (primary N) is 1. The lowest BCUT2D eigenvalue weighted by Crippen LogP contribution is -2.07. The number of hydrogen-bond acceptors (Lipinski definition) is 2. The van der Waals surface area contributed by atoms with Gasteiger partial charge in [0.25, 0.3) is 0 Å². The molecule has 3 nitrogen and oxygen atoms in total. The number of hydrogen-bond donors (Lipinski definition) is 1. The van der Waals surface area contributed by atoms with E-state index in [2.05, 4.69) is 41.3 Å². The van der Waals surface area contributed by atoms with Gasteiger partial charge >= 0.3 is 0 Å². The molecule has 1 heterocycles. The average Bonchev–Trinajstić information content (AvgIpc) is 2.67. The van der Waals surface area contributed by atoms with E-state index in [0.29, 0.717) is 6.54 Å². The molecule has 0 spiro atoms. The van der Waals surface area contributed by atoms with Crippen molar-refractivity contribution in [3.05, 3.63) is 42.2 Å². The molecule has 2 rings (SSSR count). The Kier molecular flexibility index (Phi) is 3.06. The second-order valence-corrected chi connectivity index (χ2v) is 3.81. The third kappa shape index (κ3) is 1.74. The van der Waals surface area contributed by atoms with Crippen LogP contribution in [0.5, 0.6) is 0 Å². The smallest absolute Gasteiger partial charge is 0.123 e. The summed E-state index contributed by atoms with van der Waals surface area (Å²) < 4.78 is 2.11. The van der Waals surface area contributed by atoms with Crippen LogP contribution in [0.3, 0.4) is 0 Å². The summed E-state index contributed by atoms with van der Waals surface area (Å²) >= 11 is 0. The molecule has 0 saturated carbocycles. The zero-order valence-electron chi connectivity index (χ0n) is 9.61. The van der Waals surface area contributed by atoms with Crippen LogP contribution in [0, 0.1) is 0 Å². The van der Waals surface area contributed by atoms with Crippen LogP contribution in [0.4, 0.5) is 0 Å². The molecule has 16 heavy (non-hydrogen) atoms. The zero-order chi connectivity index (χ0) is 11.5. The third-order valence-electron chi connectivity index (χ3n) is 2.79. The molecule has 0 atom stereocenters. The maximum absolute atomic E-state index is 5.70. The summed E-state index contributed by atoms with van der Waals surface area (Å²) in [5.41, 5.74) is 9.17. The molecule has 0 aliphatic carbocycles. The van der Waals surface area contributed by atoms with Gasteiger partial charge in [0.15, 0.2) is 0 Å². The molecule has 2 N–H and O–H groups in total. The van der Waals surface area contributed by atoms with E-state index in [-0.39, 0.29) is 0 Å². The lowest BCUT2D eigenvalue weighted by atomic mass is 10.1. The number of allylic oxidation sites excluding steroid dienone is 1. The van der Waals surface area contributed by atoms with E-state index < -0.39 is 0 Å². The van der Waals surface area contributed by atoms with Crippen molar-refractivity contribution in [3.8, 4) is 0 Å². The predicted molar refractivity (Wildman–Crippen MR) is 67.2 cm³/mol. The van der Waals surface area contributed by atoms with Crippen molar-refractivity contribution in [2.45, 2.75) is 26.4 Å². The van der Waals surface area contributed by atoms with E-state index in [9.17, 15) is 0 Å². The predicted octanol–water partition coefficient (Wildman–Crippen LogP) is 2.24. The van der Waals surface area contributed by atoms with Gasteiger partial charge in [-0.2, -0.15) is 0 Å². The lowest BCUT2D eigenvalue weighted by Gasteiger charge is -2.04. The van der Waals surface area contributed by atoms with Crippen LogP contribution >= 0.6 is 0 Å². The van der Waals surface area contributed by atoms with Crippen molar-refractivity contribution < 1.29 is 0 Å². The normalized spacial score (nSPS) is 10.9. The van der Waals surface area contributed by atoms with Crippen LogP contribution in [0.1, 0.15) is 18.3 Å². The van der Waals surface area contributed by atoms with Gasteiger partial charge in [-0.05, 0) is 24.1 Å². The number of aryl methyl sites for hydroxylation is 1. The maximum Gasteiger partial charge on any atom is 0.123 e. The molecule has 0 radical (unpaired) electrons. The SMILES string of the molecule is C=CCn1c(CN)nc2cc(CC)ccc21. The molecular formula is C13H17N3. The maximum atomic E-state index is 5.70. The molecule has 0 unspecified atom stereocenters. The van der Waals surface area contributed by atoms with Crippen LogP contribution in [-0.2, 0) is 19.5 Å². The zero-order valence-corrected chi connectivity index (χ0v) is 9.61. The Morgan fingerprint density at radius 1 is 1.50 bits per heavy atom. The molecular weight excluding hydrogens is 198 g/mol. The number of rotatable bonds is 4. The molecule has 0 fully saturated rings. The Labute approximate surface area is 95.6 Å². The van der Waals surface area contributed by atoms with Gasteiger partial charge in [-0.15, -0.1) is 6.58 Å². The fourth-order valence-corrected chi connectivity index (χ4v) is 1.93. The summed E-state index contributed by atoms with van der Waals surface area (Å²) in [6.07, 6.45) is 2.90. The van der Waals surface area contributed by atoms with Gasteiger partial charge in [0.2, 0.25) is 0 Å². The Hall–Kier alpha value is -1.61. The minimum Gasteiger partial charge on any atom is -0.324 e. The highest BCUT2D eigenvalue weighted by atomic mass is 15.1. The van der Waals surface area contributed by atoms with Gasteiger partial charge < -0.3 is 10.3 Å². The Morgan fingerprint density at radius 2 is 2.31 bits per heavy atom. The fourth-order valence-electron chi connectivity index (χ4n) is 1.93. The fraction of sp³-hybridized carbons (Fsp3) is 0.308. The highest BCUT2D eigenvalue weighted by Gasteiger charge is 2.08. The van der Waals surface area contributed by atoms with E-state index in [0.717, 1.165) is 29.8 Å². The van der Waals surface area contributed by atoms with Gasteiger partial charge in [0.1, 0.15) is 5.82 Å². The monoisotopic (exact) mass is 215 g/mol. The second-order valence-electron chi connectivity index (χ2n) is 3.81. The van der Waals surface area contributed by atoms with Crippen molar-refractivity contribution in [1.29, 1.82) is 0 Å². The molecule has 0 aliphatic heterocycles. The van der Waals surface area contributed by atoms with Crippen LogP contribution in [0.25, 0.3) is 11.0 Å². The second kappa shape index (κ2) is 4.49. The topological polar surface area (TPSA) is 43.8 Å². The number of aromatic nitrogens is 2. The van der Waals surface area contributed by atoms with Crippen LogP contribution in [0.15, 0.2) is 30.9 Å². The molecule has 0 aliphatic rings. The molecule has 2 aromatic rings. The lowest BCUT2D eigenvalue weighted by molar-refractivity contribution is 0.759. The van der Waals surface area contributed by atoms with E-state index >= 15 is 0 Å². The quantitative estimate of drug-likeness (QED) is 0.795. The number of imidazole rings is 1. The molecule has 1 aromatic carbocycles. The minimum atomic E-state index is 0.462. The summed E-state index contributed by atoms with van der Waals surface area (Å²) in [6, 6.07) is 6.39. The van der Waals surface area contributed by atoms with Gasteiger partial charge in [-0.25, -0.2) is 4.98 Å². The number of benzene rings is 1. The first-order chi connectivity index (χ1) is 7.80. The highest BCUT2D eigenvalue weighted by molar-refractivity contribution is 5.77. The van der Waals surface area contributed by atoms with E-state index in [1.807, 2.05) is 6.08 Å². The van der Waals surface area contributed by atoms with Gasteiger partial charge in [-0.1, -0.05) is 19.1 Å². The first-order valence-electron chi connectivity index (χ1n) is 5.59. The summed E-state index contributed by atoms with van der Waals surface area (Å²) in [4.78, 5) is 4.55. The minimum absolute atomic E-state index is 0.462. The summed E-state index contributed by atoms with van der Waals surface area (Å²) in [7, 11) is 0. The van der Waals surface area contributed by atoms with E-state index in [1.54, 1.807) is 0 Å². The van der Waals surface area contributed by atoms with Crippen LogP contribution < -0.4 is 5.73 Å². The first-order valence-corrected chi connectivity index (χ1v) is 5.59. The molecule has 3 heteroatoms. The Morgan fingerprint density at radius 3 is 2.94 bits per heavy atom. The summed E-state index contributed by atoms with van der Waals surface area (Å²) in [6.45, 7) is 7.13. The average molecular weight is 215 g/mol. The van der Waals surface area contributed by atoms with Crippen molar-refractivity contribution >= 4 is 11.0 Å².